The van der Waals surface area contributed by atoms with E-state index >= 15 is 0 Å². The van der Waals surface area contributed by atoms with Crippen LogP contribution < -0.4 is 15.2 Å². The number of aromatic nitrogens is 2. The van der Waals surface area contributed by atoms with Gasteiger partial charge >= 0.3 is 0 Å². The first-order valence-corrected chi connectivity index (χ1v) is 12.2. The van der Waals surface area contributed by atoms with E-state index in [1.807, 2.05) is 39.8 Å². The molecule has 8 nitrogen and oxygen atoms in total. The van der Waals surface area contributed by atoms with Crippen molar-refractivity contribution in [1.82, 2.24) is 14.5 Å². The molecule has 0 bridgehead atoms. The third-order valence-electron chi connectivity index (χ3n) is 6.17. The summed E-state index contributed by atoms with van der Waals surface area (Å²) in [6, 6.07) is 4.35. The maximum atomic E-state index is 13.7. The largest absolute Gasteiger partial charge is 0.482 e. The number of fused-ring (bicyclic) bond motifs is 2. The van der Waals surface area contributed by atoms with Crippen molar-refractivity contribution >= 4 is 38.9 Å². The van der Waals surface area contributed by atoms with Crippen molar-refractivity contribution in [3.8, 4) is 5.75 Å². The van der Waals surface area contributed by atoms with E-state index in [0.29, 0.717) is 46.1 Å². The standard InChI is InChI=1S/C25H30N4O4S/c1-7-10-28-18-11-17(8-9-19(18)33-13-21(28)30)23(31)15(3)29-20(12-27(5)6)26-24-22(25(29)32)14(2)16(4)34-24/h8-9,11,15H,7,10,12-13H2,1-6H3. The number of amides is 1. The minimum absolute atomic E-state index is 0.00885. The predicted octanol–water partition coefficient (Wildman–Crippen LogP) is 3.72. The Labute approximate surface area is 202 Å². The number of ether oxygens (including phenoxy) is 1. The zero-order chi connectivity index (χ0) is 24.7. The number of ketones is 1. The van der Waals surface area contributed by atoms with E-state index < -0.39 is 6.04 Å². The van der Waals surface area contributed by atoms with E-state index in [0.717, 1.165) is 16.9 Å². The molecule has 0 saturated carbocycles. The second kappa shape index (κ2) is 9.31. The van der Waals surface area contributed by atoms with Gasteiger partial charge in [-0.25, -0.2) is 4.98 Å². The maximum Gasteiger partial charge on any atom is 0.265 e. The highest BCUT2D eigenvalue weighted by molar-refractivity contribution is 7.18. The fraction of sp³-hybridized carbons (Fsp3) is 0.440. The van der Waals surface area contributed by atoms with Crippen LogP contribution in [0.5, 0.6) is 5.75 Å². The molecule has 1 aliphatic heterocycles. The first-order valence-electron chi connectivity index (χ1n) is 11.4. The smallest absolute Gasteiger partial charge is 0.265 e. The summed E-state index contributed by atoms with van der Waals surface area (Å²) in [5.41, 5.74) is 1.72. The highest BCUT2D eigenvalue weighted by Gasteiger charge is 2.29. The molecule has 0 aliphatic carbocycles. The van der Waals surface area contributed by atoms with Crippen LogP contribution >= 0.6 is 11.3 Å². The molecule has 0 saturated heterocycles. The summed E-state index contributed by atoms with van der Waals surface area (Å²) in [5, 5.41) is 0.572. The molecule has 2 aromatic heterocycles. The Kier molecular flexibility index (Phi) is 6.60. The number of hydrogen-bond donors (Lipinski definition) is 0. The zero-order valence-electron chi connectivity index (χ0n) is 20.5. The van der Waals surface area contributed by atoms with Crippen LogP contribution in [0.15, 0.2) is 23.0 Å². The van der Waals surface area contributed by atoms with E-state index in [9.17, 15) is 14.4 Å². The lowest BCUT2D eigenvalue weighted by Crippen LogP contribution is -2.39. The minimum atomic E-state index is -0.767. The van der Waals surface area contributed by atoms with Gasteiger partial charge < -0.3 is 14.5 Å². The van der Waals surface area contributed by atoms with E-state index in [4.69, 9.17) is 9.72 Å². The lowest BCUT2D eigenvalue weighted by Gasteiger charge is -2.29. The van der Waals surface area contributed by atoms with Crippen molar-refractivity contribution in [2.45, 2.75) is 46.7 Å². The SMILES string of the molecule is CCCN1C(=O)COc2ccc(C(=O)C(C)n3c(CN(C)C)nc4sc(C)c(C)c4c3=O)cc21. The molecule has 0 radical (unpaired) electrons. The summed E-state index contributed by atoms with van der Waals surface area (Å²) in [6.45, 7) is 8.59. The Hall–Kier alpha value is -3.04. The van der Waals surface area contributed by atoms with Crippen LogP contribution in [0.25, 0.3) is 10.2 Å². The van der Waals surface area contributed by atoms with Crippen molar-refractivity contribution in [2.24, 2.45) is 0 Å². The molecule has 34 heavy (non-hydrogen) atoms. The molecule has 3 aromatic rings. The van der Waals surface area contributed by atoms with Gasteiger partial charge in [0.05, 0.1) is 23.7 Å². The topological polar surface area (TPSA) is 84.7 Å². The normalized spacial score (nSPS) is 14.4. The molecule has 1 atom stereocenters. The fourth-order valence-corrected chi connectivity index (χ4v) is 5.36. The quantitative estimate of drug-likeness (QED) is 0.477. The monoisotopic (exact) mass is 482 g/mol. The molecule has 180 valence electrons. The Morgan fingerprint density at radius 1 is 1.26 bits per heavy atom. The number of carbonyl (C=O) groups is 2. The van der Waals surface area contributed by atoms with Crippen LogP contribution in [-0.4, -0.2) is 53.4 Å². The maximum absolute atomic E-state index is 13.7. The molecule has 1 aromatic carbocycles. The van der Waals surface area contributed by atoms with Crippen molar-refractivity contribution in [3.05, 3.63) is 50.4 Å². The number of rotatable bonds is 7. The summed E-state index contributed by atoms with van der Waals surface area (Å²) in [5.74, 6) is 0.781. The molecule has 9 heteroatoms. The molecule has 1 unspecified atom stereocenters. The average Bonchev–Trinajstić information content (AvgIpc) is 3.07. The molecule has 1 amide bonds. The zero-order valence-corrected chi connectivity index (χ0v) is 21.3. The fourth-order valence-electron chi connectivity index (χ4n) is 4.32. The minimum Gasteiger partial charge on any atom is -0.482 e. The van der Waals surface area contributed by atoms with E-state index in [-0.39, 0.29) is 23.9 Å². The van der Waals surface area contributed by atoms with Gasteiger partial charge in [-0.3, -0.25) is 19.0 Å². The molecule has 3 heterocycles. The lowest BCUT2D eigenvalue weighted by atomic mass is 10.0. The average molecular weight is 483 g/mol. The van der Waals surface area contributed by atoms with Crippen LogP contribution in [0.1, 0.15) is 52.9 Å². The summed E-state index contributed by atoms with van der Waals surface area (Å²) < 4.78 is 7.09. The number of Topliss-reactive ketones (excluding diaryl/α,β-unsaturated/α-hetero) is 1. The predicted molar refractivity (Wildman–Crippen MR) is 134 cm³/mol. The summed E-state index contributed by atoms with van der Waals surface area (Å²) in [7, 11) is 3.81. The second-order valence-electron chi connectivity index (χ2n) is 8.96. The van der Waals surface area contributed by atoms with Crippen LogP contribution in [0, 0.1) is 13.8 Å². The first kappa shape index (κ1) is 24.1. The van der Waals surface area contributed by atoms with Gasteiger partial charge in [0.2, 0.25) is 0 Å². The highest BCUT2D eigenvalue weighted by atomic mass is 32.1. The van der Waals surface area contributed by atoms with Crippen LogP contribution in [0.4, 0.5) is 5.69 Å². The lowest BCUT2D eigenvalue weighted by molar-refractivity contribution is -0.121. The Morgan fingerprint density at radius 2 is 2.00 bits per heavy atom. The second-order valence-corrected chi connectivity index (χ2v) is 10.2. The number of aryl methyl sites for hydroxylation is 2. The van der Waals surface area contributed by atoms with Gasteiger partial charge in [-0.05, 0) is 65.0 Å². The van der Waals surface area contributed by atoms with Gasteiger partial charge in [0.25, 0.3) is 11.5 Å². The molecular formula is C25H30N4O4S. The molecule has 1 aliphatic rings. The van der Waals surface area contributed by atoms with Gasteiger partial charge in [0.15, 0.2) is 12.4 Å². The molecule has 4 rings (SSSR count). The number of anilines is 1. The van der Waals surface area contributed by atoms with Crippen molar-refractivity contribution in [1.29, 1.82) is 0 Å². The van der Waals surface area contributed by atoms with Crippen LogP contribution in [0.3, 0.4) is 0 Å². The summed E-state index contributed by atoms with van der Waals surface area (Å²) in [4.78, 5) is 49.8. The number of thiophene rings is 1. The number of carbonyl (C=O) groups excluding carboxylic acids is 2. The molecular weight excluding hydrogens is 452 g/mol. The summed E-state index contributed by atoms with van der Waals surface area (Å²) >= 11 is 1.50. The number of nitrogens with zero attached hydrogens (tertiary/aromatic N) is 4. The Bertz CT molecular complexity index is 1340. The Morgan fingerprint density at radius 3 is 2.68 bits per heavy atom. The summed E-state index contributed by atoms with van der Waals surface area (Å²) in [6.07, 6.45) is 0.786. The molecule has 0 fully saturated rings. The van der Waals surface area contributed by atoms with Crippen LogP contribution in [0.2, 0.25) is 0 Å². The van der Waals surface area contributed by atoms with E-state index in [1.165, 1.54) is 15.9 Å². The van der Waals surface area contributed by atoms with Crippen molar-refractivity contribution in [3.63, 3.8) is 0 Å². The molecule has 0 spiro atoms. The third kappa shape index (κ3) is 4.14. The van der Waals surface area contributed by atoms with E-state index in [2.05, 4.69) is 0 Å². The van der Waals surface area contributed by atoms with Gasteiger partial charge in [-0.2, -0.15) is 0 Å². The van der Waals surface area contributed by atoms with E-state index in [1.54, 1.807) is 30.0 Å². The first-order chi connectivity index (χ1) is 16.1. The van der Waals surface area contributed by atoms with Gasteiger partial charge in [-0.15, -0.1) is 11.3 Å². The number of hydrogen-bond acceptors (Lipinski definition) is 7. The van der Waals surface area contributed by atoms with Crippen molar-refractivity contribution < 1.29 is 14.3 Å². The van der Waals surface area contributed by atoms with Gasteiger partial charge in [-0.1, -0.05) is 6.92 Å². The van der Waals surface area contributed by atoms with Crippen molar-refractivity contribution in [2.75, 3.05) is 32.1 Å². The third-order valence-corrected chi connectivity index (χ3v) is 7.27. The van der Waals surface area contributed by atoms with Gasteiger partial charge in [0, 0.05) is 17.0 Å². The highest BCUT2D eigenvalue weighted by Crippen LogP contribution is 2.34. The Balaban J connectivity index is 1.81. The van der Waals surface area contributed by atoms with Crippen LogP contribution in [-0.2, 0) is 11.3 Å². The number of benzene rings is 1. The van der Waals surface area contributed by atoms with Gasteiger partial charge in [0.1, 0.15) is 16.4 Å². The molecule has 0 N–H and O–H groups in total.